The fraction of sp³-hybridized carbons (Fsp3) is 0.500. The number of fused-ring (bicyclic) bond motifs is 1. The summed E-state index contributed by atoms with van der Waals surface area (Å²) in [6, 6.07) is 9.45. The molecule has 1 aromatic rings. The molecule has 0 heterocycles. The molecule has 0 spiro atoms. The minimum absolute atomic E-state index is 0.0243. The normalized spacial score (nSPS) is 30.8. The van der Waals surface area contributed by atoms with Crippen molar-refractivity contribution in [3.63, 3.8) is 0 Å². The molecule has 1 saturated carbocycles. The minimum Gasteiger partial charge on any atom is -0.307 e. The Morgan fingerprint density at radius 1 is 1.20 bits per heavy atom. The molecule has 3 rings (SSSR count). The average molecular weight is 335 g/mol. The fourth-order valence-electron chi connectivity index (χ4n) is 5.07. The van der Waals surface area contributed by atoms with Gasteiger partial charge in [-0.25, -0.2) is 4.85 Å². The van der Waals surface area contributed by atoms with E-state index in [0.717, 1.165) is 24.8 Å². The van der Waals surface area contributed by atoms with Crippen LogP contribution in [0, 0.1) is 29.2 Å². The number of hydrogen-bond acceptors (Lipinski definition) is 2. The van der Waals surface area contributed by atoms with Crippen molar-refractivity contribution < 1.29 is 9.59 Å². The van der Waals surface area contributed by atoms with Gasteiger partial charge in [0.25, 0.3) is 0 Å². The van der Waals surface area contributed by atoms with Crippen LogP contribution < -0.4 is 0 Å². The van der Waals surface area contributed by atoms with Gasteiger partial charge in [0.1, 0.15) is 0 Å². The molecule has 130 valence electrons. The van der Waals surface area contributed by atoms with E-state index in [0.29, 0.717) is 12.3 Å². The molecule has 0 aliphatic heterocycles. The van der Waals surface area contributed by atoms with Gasteiger partial charge < -0.3 is 4.79 Å². The van der Waals surface area contributed by atoms with Gasteiger partial charge in [-0.3, -0.25) is 4.79 Å². The van der Waals surface area contributed by atoms with Gasteiger partial charge in [0, 0.05) is 17.4 Å². The van der Waals surface area contributed by atoms with E-state index >= 15 is 0 Å². The number of ketones is 2. The van der Waals surface area contributed by atoms with E-state index in [2.05, 4.69) is 11.8 Å². The summed E-state index contributed by atoms with van der Waals surface area (Å²) in [4.78, 5) is 28.6. The van der Waals surface area contributed by atoms with Crippen LogP contribution in [0.2, 0.25) is 0 Å². The third-order valence-corrected chi connectivity index (χ3v) is 6.23. The van der Waals surface area contributed by atoms with E-state index in [1.807, 2.05) is 50.3 Å². The Kier molecular flexibility index (Phi) is 4.41. The molecule has 25 heavy (non-hydrogen) atoms. The Bertz CT molecular complexity index is 769. The molecule has 0 aromatic heterocycles. The molecule has 3 nitrogen and oxygen atoms in total. The van der Waals surface area contributed by atoms with Crippen LogP contribution in [0.25, 0.3) is 4.85 Å². The van der Waals surface area contributed by atoms with Gasteiger partial charge in [-0.2, -0.15) is 0 Å². The average Bonchev–Trinajstić information content (AvgIpc) is 2.58. The topological polar surface area (TPSA) is 38.5 Å². The van der Waals surface area contributed by atoms with Crippen LogP contribution in [-0.4, -0.2) is 11.6 Å². The van der Waals surface area contributed by atoms with Crippen LogP contribution >= 0.6 is 0 Å². The smallest absolute Gasteiger partial charge is 0.226 e. The summed E-state index contributed by atoms with van der Waals surface area (Å²) in [6.45, 7) is 13.5. The second-order valence-electron chi connectivity index (χ2n) is 8.39. The first-order chi connectivity index (χ1) is 11.8. The van der Waals surface area contributed by atoms with Gasteiger partial charge in [-0.15, -0.1) is 0 Å². The molecule has 0 N–H and O–H groups in total. The molecule has 0 amide bonds. The molecular formula is C22H25NO2. The maximum absolute atomic E-state index is 12.6. The second kappa shape index (κ2) is 6.26. The van der Waals surface area contributed by atoms with Gasteiger partial charge in [-0.05, 0) is 36.5 Å². The quantitative estimate of drug-likeness (QED) is 0.570. The van der Waals surface area contributed by atoms with Crippen molar-refractivity contribution in [2.45, 2.75) is 46.5 Å². The molecule has 3 atom stereocenters. The van der Waals surface area contributed by atoms with E-state index in [9.17, 15) is 9.59 Å². The number of nitrogens with zero attached hydrogens (tertiary/aromatic N) is 1. The number of carbonyl (C=O) groups is 2. The molecule has 0 unspecified atom stereocenters. The van der Waals surface area contributed by atoms with E-state index < -0.39 is 5.41 Å². The number of Topliss-reactive ketones (excluding diaryl/α,β-unsaturated/α-hetero) is 2. The lowest BCUT2D eigenvalue weighted by Gasteiger charge is -2.52. The fourth-order valence-corrected chi connectivity index (χ4v) is 5.07. The largest absolute Gasteiger partial charge is 0.307 e. The summed E-state index contributed by atoms with van der Waals surface area (Å²) >= 11 is 0. The second-order valence-corrected chi connectivity index (χ2v) is 8.39. The van der Waals surface area contributed by atoms with Crippen molar-refractivity contribution in [2.24, 2.45) is 22.7 Å². The molecule has 0 radical (unpaired) electrons. The lowest BCUT2D eigenvalue weighted by atomic mass is 9.51. The molecule has 0 saturated heterocycles. The van der Waals surface area contributed by atoms with E-state index in [1.54, 1.807) is 0 Å². The first-order valence-electron chi connectivity index (χ1n) is 9.01. The van der Waals surface area contributed by atoms with Crippen LogP contribution in [0.15, 0.2) is 42.1 Å². The Hall–Kier alpha value is -2.21. The Labute approximate surface area is 149 Å². The molecular weight excluding hydrogens is 310 g/mol. The highest BCUT2D eigenvalue weighted by Gasteiger charge is 2.53. The standard InChI is InChI=1S/C22H25NO2/c1-21(2)19-11-10-15(12-18(24)16-8-6-5-7-9-16)13-22(19,3)14-17(23-4)20(21)25/h5-9,14-15,19H,10-13H2,1-3H3/t15-,19+,22+/m1/s1. The zero-order valence-corrected chi connectivity index (χ0v) is 15.2. The highest BCUT2D eigenvalue weighted by molar-refractivity contribution is 6.02. The van der Waals surface area contributed by atoms with Crippen molar-refractivity contribution in [1.82, 2.24) is 0 Å². The van der Waals surface area contributed by atoms with Crippen molar-refractivity contribution in [1.29, 1.82) is 0 Å². The molecule has 1 aromatic carbocycles. The molecule has 2 aliphatic rings. The predicted octanol–water partition coefficient (Wildman–Crippen LogP) is 5.09. The zero-order chi connectivity index (χ0) is 18.2. The summed E-state index contributed by atoms with van der Waals surface area (Å²) < 4.78 is 0. The van der Waals surface area contributed by atoms with Crippen LogP contribution in [-0.2, 0) is 4.79 Å². The van der Waals surface area contributed by atoms with Crippen LogP contribution in [0.1, 0.15) is 56.8 Å². The molecule has 1 fully saturated rings. The van der Waals surface area contributed by atoms with Gasteiger partial charge in [0.2, 0.25) is 5.70 Å². The summed E-state index contributed by atoms with van der Waals surface area (Å²) in [6.07, 6.45) is 5.21. The van der Waals surface area contributed by atoms with E-state index in [1.165, 1.54) is 0 Å². The van der Waals surface area contributed by atoms with Crippen molar-refractivity contribution in [3.8, 4) is 0 Å². The summed E-state index contributed by atoms with van der Waals surface area (Å²) in [5, 5.41) is 0. The van der Waals surface area contributed by atoms with Crippen molar-refractivity contribution >= 4 is 11.6 Å². The number of allylic oxidation sites excluding steroid dienone is 2. The van der Waals surface area contributed by atoms with Gasteiger partial charge in [-0.1, -0.05) is 57.2 Å². The van der Waals surface area contributed by atoms with Crippen LogP contribution in [0.3, 0.4) is 0 Å². The number of benzene rings is 1. The molecule has 0 bridgehead atoms. The molecule has 3 heteroatoms. The Morgan fingerprint density at radius 2 is 1.88 bits per heavy atom. The predicted molar refractivity (Wildman–Crippen MR) is 97.8 cm³/mol. The number of carbonyl (C=O) groups excluding carboxylic acids is 2. The van der Waals surface area contributed by atoms with E-state index in [-0.39, 0.29) is 28.6 Å². The Balaban J connectivity index is 1.82. The zero-order valence-electron chi connectivity index (χ0n) is 15.2. The van der Waals surface area contributed by atoms with Crippen molar-refractivity contribution in [2.75, 3.05) is 0 Å². The minimum atomic E-state index is -0.502. The lowest BCUT2D eigenvalue weighted by molar-refractivity contribution is -0.131. The summed E-state index contributed by atoms with van der Waals surface area (Å²) in [7, 11) is 0. The third-order valence-electron chi connectivity index (χ3n) is 6.23. The highest BCUT2D eigenvalue weighted by Crippen LogP contribution is 2.57. The molecule has 2 aliphatic carbocycles. The number of hydrogen-bond donors (Lipinski definition) is 0. The SMILES string of the molecule is [C-]#[N+]C1=C[C@]2(C)C[C@@H](CC(=O)c3ccccc3)CC[C@H]2C(C)(C)C1=O. The first-order valence-corrected chi connectivity index (χ1v) is 9.01. The van der Waals surface area contributed by atoms with Gasteiger partial charge >= 0.3 is 0 Å². The Morgan fingerprint density at radius 3 is 2.52 bits per heavy atom. The summed E-state index contributed by atoms with van der Waals surface area (Å²) in [5.74, 6) is 0.708. The summed E-state index contributed by atoms with van der Waals surface area (Å²) in [5.41, 5.74) is 0.361. The van der Waals surface area contributed by atoms with Gasteiger partial charge in [0.05, 0.1) is 6.57 Å². The maximum atomic E-state index is 12.6. The van der Waals surface area contributed by atoms with Crippen molar-refractivity contribution in [3.05, 3.63) is 59.1 Å². The maximum Gasteiger partial charge on any atom is 0.226 e. The number of rotatable bonds is 3. The van der Waals surface area contributed by atoms with Crippen LogP contribution in [0.5, 0.6) is 0 Å². The highest BCUT2D eigenvalue weighted by atomic mass is 16.1. The van der Waals surface area contributed by atoms with Gasteiger partial charge in [0.15, 0.2) is 11.6 Å². The monoisotopic (exact) mass is 335 g/mol. The van der Waals surface area contributed by atoms with Crippen LogP contribution in [0.4, 0.5) is 0 Å². The first kappa shape index (κ1) is 17.6. The lowest BCUT2D eigenvalue weighted by Crippen LogP contribution is -2.49. The van der Waals surface area contributed by atoms with E-state index in [4.69, 9.17) is 6.57 Å². The third kappa shape index (κ3) is 3.06.